The summed E-state index contributed by atoms with van der Waals surface area (Å²) in [6.45, 7) is 1.95. The molecule has 3 amide bonds. The van der Waals surface area contributed by atoms with Crippen LogP contribution in [0, 0.1) is 17.8 Å². The van der Waals surface area contributed by atoms with Gasteiger partial charge in [-0.2, -0.15) is 0 Å². The van der Waals surface area contributed by atoms with Gasteiger partial charge in [-0.1, -0.05) is 25.1 Å². The number of hydrogen-bond donors (Lipinski definition) is 1. The van der Waals surface area contributed by atoms with E-state index in [0.717, 1.165) is 0 Å². The van der Waals surface area contributed by atoms with Crippen molar-refractivity contribution in [1.29, 1.82) is 0 Å². The van der Waals surface area contributed by atoms with Crippen LogP contribution in [0.25, 0.3) is 0 Å². The molecule has 2 aromatic carbocycles. The minimum Gasteiger partial charge on any atom is -0.497 e. The molecular formula is C24H24N2O5. The van der Waals surface area contributed by atoms with E-state index < -0.39 is 0 Å². The van der Waals surface area contributed by atoms with E-state index >= 15 is 0 Å². The summed E-state index contributed by atoms with van der Waals surface area (Å²) in [5.41, 5.74) is 1.18. The Morgan fingerprint density at radius 2 is 1.87 bits per heavy atom. The van der Waals surface area contributed by atoms with E-state index in [4.69, 9.17) is 9.47 Å². The summed E-state index contributed by atoms with van der Waals surface area (Å²) in [7, 11) is 3.05. The summed E-state index contributed by atoms with van der Waals surface area (Å²) in [6.07, 6.45) is 4.51. The van der Waals surface area contributed by atoms with E-state index in [2.05, 4.69) is 5.32 Å². The minimum absolute atomic E-state index is 0.00667. The Labute approximate surface area is 180 Å². The van der Waals surface area contributed by atoms with Crippen LogP contribution in [0.1, 0.15) is 23.7 Å². The number of amides is 3. The van der Waals surface area contributed by atoms with Crippen molar-refractivity contribution in [2.45, 2.75) is 13.3 Å². The van der Waals surface area contributed by atoms with Crippen molar-refractivity contribution in [3.63, 3.8) is 0 Å². The average molecular weight is 420 g/mol. The molecule has 1 heterocycles. The average Bonchev–Trinajstić information content (AvgIpc) is 3.04. The number of imide groups is 1. The number of rotatable bonds is 5. The molecule has 160 valence electrons. The Morgan fingerprint density at radius 3 is 2.58 bits per heavy atom. The lowest BCUT2D eigenvalue weighted by Crippen LogP contribution is -2.31. The maximum Gasteiger partial charge on any atom is 0.255 e. The largest absolute Gasteiger partial charge is 0.497 e. The topological polar surface area (TPSA) is 84.9 Å². The molecule has 31 heavy (non-hydrogen) atoms. The molecule has 0 saturated carbocycles. The molecule has 1 aliphatic heterocycles. The lowest BCUT2D eigenvalue weighted by Gasteiger charge is -2.22. The third kappa shape index (κ3) is 3.67. The van der Waals surface area contributed by atoms with Crippen LogP contribution in [0.5, 0.6) is 11.5 Å². The number of carbonyl (C=O) groups is 3. The normalized spacial score (nSPS) is 22.3. The van der Waals surface area contributed by atoms with Gasteiger partial charge in [0.15, 0.2) is 0 Å². The van der Waals surface area contributed by atoms with Gasteiger partial charge in [-0.15, -0.1) is 0 Å². The number of carbonyl (C=O) groups excluding carboxylic acids is 3. The SMILES string of the molecule is COc1ccc(OC)c(NC(=O)c2cccc(N3C(=O)C4CC=CC(C)C4C3=O)c2)c1. The van der Waals surface area contributed by atoms with Gasteiger partial charge in [0.25, 0.3) is 5.91 Å². The van der Waals surface area contributed by atoms with Crippen LogP contribution in [-0.4, -0.2) is 31.9 Å². The summed E-state index contributed by atoms with van der Waals surface area (Å²) >= 11 is 0. The number of fused-ring (bicyclic) bond motifs is 1. The Hall–Kier alpha value is -3.61. The second-order valence-electron chi connectivity index (χ2n) is 7.74. The van der Waals surface area contributed by atoms with Gasteiger partial charge in [0, 0.05) is 11.6 Å². The molecule has 2 aliphatic rings. The Morgan fingerprint density at radius 1 is 1.06 bits per heavy atom. The van der Waals surface area contributed by atoms with Crippen molar-refractivity contribution < 1.29 is 23.9 Å². The highest BCUT2D eigenvalue weighted by atomic mass is 16.5. The van der Waals surface area contributed by atoms with Gasteiger partial charge in [-0.25, -0.2) is 0 Å². The van der Waals surface area contributed by atoms with Crippen LogP contribution in [0.3, 0.4) is 0 Å². The molecule has 0 bridgehead atoms. The first-order valence-corrected chi connectivity index (χ1v) is 10.1. The summed E-state index contributed by atoms with van der Waals surface area (Å²) < 4.78 is 10.5. The number of nitrogens with one attached hydrogen (secondary N) is 1. The van der Waals surface area contributed by atoms with Crippen molar-refractivity contribution >= 4 is 29.1 Å². The zero-order valence-electron chi connectivity index (χ0n) is 17.6. The van der Waals surface area contributed by atoms with E-state index in [1.54, 1.807) is 42.5 Å². The number of nitrogens with zero attached hydrogens (tertiary/aromatic N) is 1. The molecule has 7 nitrogen and oxygen atoms in total. The predicted octanol–water partition coefficient (Wildman–Crippen LogP) is 3.66. The van der Waals surface area contributed by atoms with Gasteiger partial charge in [-0.05, 0) is 42.7 Å². The van der Waals surface area contributed by atoms with Gasteiger partial charge >= 0.3 is 0 Å². The van der Waals surface area contributed by atoms with Crippen molar-refractivity contribution in [3.05, 3.63) is 60.2 Å². The molecule has 3 unspecified atom stereocenters. The number of ether oxygens (including phenoxy) is 2. The number of allylic oxidation sites excluding steroid dienone is 2. The van der Waals surface area contributed by atoms with Crippen molar-refractivity contribution in [2.24, 2.45) is 17.8 Å². The van der Waals surface area contributed by atoms with E-state index in [1.165, 1.54) is 19.1 Å². The fraction of sp³-hybridized carbons (Fsp3) is 0.292. The molecule has 7 heteroatoms. The highest BCUT2D eigenvalue weighted by molar-refractivity contribution is 6.22. The molecule has 0 aromatic heterocycles. The molecule has 2 aromatic rings. The summed E-state index contributed by atoms with van der Waals surface area (Å²) in [6, 6.07) is 11.6. The van der Waals surface area contributed by atoms with Gasteiger partial charge in [0.1, 0.15) is 11.5 Å². The molecule has 3 atom stereocenters. The highest BCUT2D eigenvalue weighted by Gasteiger charge is 2.50. The zero-order valence-corrected chi connectivity index (χ0v) is 17.6. The molecule has 1 N–H and O–H groups in total. The van der Waals surface area contributed by atoms with Crippen LogP contribution in [-0.2, 0) is 9.59 Å². The van der Waals surface area contributed by atoms with Gasteiger partial charge in [0.05, 0.1) is 37.4 Å². The van der Waals surface area contributed by atoms with E-state index in [9.17, 15) is 14.4 Å². The monoisotopic (exact) mass is 420 g/mol. The Balaban J connectivity index is 1.60. The van der Waals surface area contributed by atoms with Crippen molar-refractivity contribution in [1.82, 2.24) is 0 Å². The van der Waals surface area contributed by atoms with E-state index in [1.807, 2.05) is 19.1 Å². The summed E-state index contributed by atoms with van der Waals surface area (Å²) in [5.74, 6) is -0.435. The first-order valence-electron chi connectivity index (χ1n) is 10.1. The highest BCUT2D eigenvalue weighted by Crippen LogP contribution is 2.40. The molecular weight excluding hydrogens is 396 g/mol. The van der Waals surface area contributed by atoms with Crippen molar-refractivity contribution in [2.75, 3.05) is 24.4 Å². The number of hydrogen-bond acceptors (Lipinski definition) is 5. The maximum absolute atomic E-state index is 13.0. The fourth-order valence-electron chi connectivity index (χ4n) is 4.29. The molecule has 1 aliphatic carbocycles. The first-order chi connectivity index (χ1) is 14.9. The maximum atomic E-state index is 13.0. The lowest BCUT2D eigenvalue weighted by atomic mass is 9.78. The van der Waals surface area contributed by atoms with E-state index in [-0.39, 0.29) is 35.5 Å². The summed E-state index contributed by atoms with van der Waals surface area (Å²) in [5, 5.41) is 2.81. The molecule has 0 radical (unpaired) electrons. The van der Waals surface area contributed by atoms with Crippen LogP contribution >= 0.6 is 0 Å². The number of methoxy groups -OCH3 is 2. The van der Waals surface area contributed by atoms with Crippen LogP contribution in [0.4, 0.5) is 11.4 Å². The van der Waals surface area contributed by atoms with E-state index in [0.29, 0.717) is 34.9 Å². The fourth-order valence-corrected chi connectivity index (χ4v) is 4.29. The first kappa shape index (κ1) is 20.7. The molecule has 1 fully saturated rings. The Bertz CT molecular complexity index is 1080. The van der Waals surface area contributed by atoms with Gasteiger partial charge < -0.3 is 14.8 Å². The third-order valence-electron chi connectivity index (χ3n) is 5.89. The van der Waals surface area contributed by atoms with Gasteiger partial charge in [-0.3, -0.25) is 19.3 Å². The van der Waals surface area contributed by atoms with Crippen molar-refractivity contribution in [3.8, 4) is 11.5 Å². The molecule has 0 spiro atoms. The van der Waals surface area contributed by atoms with Crippen LogP contribution in [0.15, 0.2) is 54.6 Å². The third-order valence-corrected chi connectivity index (χ3v) is 5.89. The zero-order chi connectivity index (χ0) is 22.1. The Kier molecular flexibility index (Phi) is 5.50. The second kappa shape index (κ2) is 8.26. The second-order valence-corrected chi connectivity index (χ2v) is 7.74. The van der Waals surface area contributed by atoms with Crippen LogP contribution in [0.2, 0.25) is 0 Å². The molecule has 1 saturated heterocycles. The minimum atomic E-state index is -0.389. The van der Waals surface area contributed by atoms with Gasteiger partial charge in [0.2, 0.25) is 11.8 Å². The predicted molar refractivity (Wildman–Crippen MR) is 116 cm³/mol. The standard InChI is InChI=1S/C24H24N2O5/c1-14-6-4-9-18-21(14)24(29)26(23(18)28)16-8-5-7-15(12-16)22(27)25-19-13-17(30-2)10-11-20(19)31-3/h4-8,10-14,18,21H,9H2,1-3H3,(H,25,27). The number of benzene rings is 2. The number of anilines is 2. The van der Waals surface area contributed by atoms with Crippen LogP contribution < -0.4 is 19.7 Å². The smallest absolute Gasteiger partial charge is 0.255 e. The quantitative estimate of drug-likeness (QED) is 0.589. The summed E-state index contributed by atoms with van der Waals surface area (Å²) in [4.78, 5) is 40.1. The lowest BCUT2D eigenvalue weighted by molar-refractivity contribution is -0.122. The molecule has 4 rings (SSSR count).